The van der Waals surface area contributed by atoms with Crippen molar-refractivity contribution >= 4 is 12.1 Å². The van der Waals surface area contributed by atoms with Crippen LogP contribution in [-0.4, -0.2) is 12.1 Å². The van der Waals surface area contributed by atoms with E-state index in [1.165, 1.54) is 18.2 Å². The fraction of sp³-hybridized carbons (Fsp3) is 0.0625. The smallest absolute Gasteiger partial charge is 0.267 e. The molecular formula is C16H9F4N3O. The number of rotatable bonds is 3. The number of nitriles is 1. The number of benzene rings is 2. The van der Waals surface area contributed by atoms with Gasteiger partial charge < -0.3 is 0 Å². The summed E-state index contributed by atoms with van der Waals surface area (Å²) in [5.41, 5.74) is 1.34. The number of carbonyl (C=O) groups is 1. The molecule has 2 aromatic rings. The molecule has 2 rings (SSSR count). The summed E-state index contributed by atoms with van der Waals surface area (Å²) >= 11 is 0. The largest absolute Gasteiger partial charge is 0.416 e. The van der Waals surface area contributed by atoms with Gasteiger partial charge in [-0.2, -0.15) is 23.5 Å². The van der Waals surface area contributed by atoms with Gasteiger partial charge in [0.05, 0.1) is 29.0 Å². The Morgan fingerprint density at radius 3 is 2.38 bits per heavy atom. The number of hydrogen-bond donors (Lipinski definition) is 1. The van der Waals surface area contributed by atoms with Crippen LogP contribution in [0.25, 0.3) is 0 Å². The highest BCUT2D eigenvalue weighted by Gasteiger charge is 2.29. The summed E-state index contributed by atoms with van der Waals surface area (Å²) in [6.45, 7) is 0. The van der Waals surface area contributed by atoms with Gasteiger partial charge in [0.25, 0.3) is 5.91 Å². The van der Waals surface area contributed by atoms with Crippen LogP contribution in [-0.2, 0) is 6.18 Å². The van der Waals surface area contributed by atoms with Crippen molar-refractivity contribution in [2.45, 2.75) is 6.18 Å². The Morgan fingerprint density at radius 1 is 1.17 bits per heavy atom. The molecular weight excluding hydrogens is 326 g/mol. The lowest BCUT2D eigenvalue weighted by atomic mass is 10.1. The van der Waals surface area contributed by atoms with Crippen LogP contribution in [0, 0.1) is 17.1 Å². The summed E-state index contributed by atoms with van der Waals surface area (Å²) in [5, 5.41) is 12.2. The first-order valence-electron chi connectivity index (χ1n) is 6.51. The molecule has 0 saturated heterocycles. The zero-order valence-corrected chi connectivity index (χ0v) is 11.9. The Kier molecular flexibility index (Phi) is 4.94. The number of alkyl halides is 3. The molecule has 24 heavy (non-hydrogen) atoms. The van der Waals surface area contributed by atoms with Crippen molar-refractivity contribution in [1.82, 2.24) is 5.43 Å². The molecule has 122 valence electrons. The van der Waals surface area contributed by atoms with E-state index in [-0.39, 0.29) is 11.1 Å². The lowest BCUT2D eigenvalue weighted by Gasteiger charge is -2.05. The van der Waals surface area contributed by atoms with Gasteiger partial charge >= 0.3 is 6.18 Å². The minimum absolute atomic E-state index is 0.0669. The zero-order valence-electron chi connectivity index (χ0n) is 11.9. The molecule has 0 aliphatic rings. The van der Waals surface area contributed by atoms with E-state index in [2.05, 4.69) is 10.5 Å². The second kappa shape index (κ2) is 6.91. The quantitative estimate of drug-likeness (QED) is 0.530. The third-order valence-electron chi connectivity index (χ3n) is 2.96. The molecule has 1 N–H and O–H groups in total. The highest BCUT2D eigenvalue weighted by atomic mass is 19.4. The number of carbonyl (C=O) groups excluding carboxylic acids is 1. The van der Waals surface area contributed by atoms with Crippen molar-refractivity contribution in [2.75, 3.05) is 0 Å². The normalized spacial score (nSPS) is 11.3. The molecule has 0 saturated carbocycles. The van der Waals surface area contributed by atoms with Gasteiger partial charge in [-0.25, -0.2) is 9.82 Å². The molecule has 0 aliphatic carbocycles. The van der Waals surface area contributed by atoms with E-state index in [9.17, 15) is 22.4 Å². The van der Waals surface area contributed by atoms with Crippen LogP contribution >= 0.6 is 0 Å². The van der Waals surface area contributed by atoms with Crippen LogP contribution < -0.4 is 5.43 Å². The van der Waals surface area contributed by atoms with E-state index in [0.717, 1.165) is 30.5 Å². The Bertz CT molecular complexity index is 821. The van der Waals surface area contributed by atoms with Crippen molar-refractivity contribution in [1.29, 1.82) is 5.26 Å². The molecule has 0 spiro atoms. The van der Waals surface area contributed by atoms with Crippen LogP contribution in [0.1, 0.15) is 27.0 Å². The molecule has 0 unspecified atom stereocenters. The van der Waals surface area contributed by atoms with Crippen LogP contribution in [0.5, 0.6) is 0 Å². The molecule has 0 aliphatic heterocycles. The van der Waals surface area contributed by atoms with Gasteiger partial charge in [0.1, 0.15) is 5.82 Å². The summed E-state index contributed by atoms with van der Waals surface area (Å²) in [6.07, 6.45) is -3.31. The van der Waals surface area contributed by atoms with E-state index in [0.29, 0.717) is 5.56 Å². The summed E-state index contributed by atoms with van der Waals surface area (Å²) < 4.78 is 50.9. The molecule has 0 bridgehead atoms. The summed E-state index contributed by atoms with van der Waals surface area (Å²) in [4.78, 5) is 11.7. The molecule has 0 aromatic heterocycles. The first-order chi connectivity index (χ1) is 11.3. The maximum atomic E-state index is 13.6. The number of nitrogens with zero attached hydrogens (tertiary/aromatic N) is 2. The van der Waals surface area contributed by atoms with E-state index in [1.807, 2.05) is 0 Å². The zero-order chi connectivity index (χ0) is 17.7. The van der Waals surface area contributed by atoms with Crippen LogP contribution in [0.3, 0.4) is 0 Å². The molecule has 8 heteroatoms. The summed E-state index contributed by atoms with van der Waals surface area (Å²) in [5.74, 6) is -1.73. The fourth-order valence-corrected chi connectivity index (χ4v) is 1.75. The lowest BCUT2D eigenvalue weighted by molar-refractivity contribution is -0.137. The molecule has 0 atom stereocenters. The van der Waals surface area contributed by atoms with Gasteiger partial charge in [-0.3, -0.25) is 4.79 Å². The van der Waals surface area contributed by atoms with Gasteiger partial charge in [0.2, 0.25) is 0 Å². The van der Waals surface area contributed by atoms with Gasteiger partial charge in [-0.15, -0.1) is 0 Å². The molecule has 2 aromatic carbocycles. The molecule has 1 amide bonds. The van der Waals surface area contributed by atoms with Gasteiger partial charge in [-0.1, -0.05) is 12.1 Å². The van der Waals surface area contributed by atoms with E-state index < -0.39 is 23.5 Å². The Morgan fingerprint density at radius 2 is 1.83 bits per heavy atom. The monoisotopic (exact) mass is 335 g/mol. The van der Waals surface area contributed by atoms with Crippen LogP contribution in [0.4, 0.5) is 17.6 Å². The minimum atomic E-state index is -4.43. The van der Waals surface area contributed by atoms with Gasteiger partial charge in [0, 0.05) is 0 Å². The third-order valence-corrected chi connectivity index (χ3v) is 2.96. The van der Waals surface area contributed by atoms with E-state index in [4.69, 9.17) is 5.26 Å². The average molecular weight is 335 g/mol. The first kappa shape index (κ1) is 17.1. The molecule has 4 nitrogen and oxygen atoms in total. The third kappa shape index (κ3) is 4.16. The number of hydrazone groups is 1. The predicted octanol–water partition coefficient (Wildman–Crippen LogP) is 3.48. The minimum Gasteiger partial charge on any atom is -0.267 e. The Hall–Kier alpha value is -3.21. The number of nitrogens with one attached hydrogen (secondary N) is 1. The molecule has 0 fully saturated rings. The van der Waals surface area contributed by atoms with Crippen molar-refractivity contribution in [3.63, 3.8) is 0 Å². The highest BCUT2D eigenvalue weighted by Crippen LogP contribution is 2.28. The molecule has 0 radical (unpaired) electrons. The van der Waals surface area contributed by atoms with E-state index >= 15 is 0 Å². The highest BCUT2D eigenvalue weighted by molar-refractivity contribution is 5.95. The Labute approximate surface area is 134 Å². The van der Waals surface area contributed by atoms with Crippen molar-refractivity contribution in [2.24, 2.45) is 5.10 Å². The van der Waals surface area contributed by atoms with Crippen molar-refractivity contribution < 1.29 is 22.4 Å². The lowest BCUT2D eigenvalue weighted by Crippen LogP contribution is -2.19. The van der Waals surface area contributed by atoms with Gasteiger partial charge in [0.15, 0.2) is 0 Å². The number of halogens is 4. The Balaban J connectivity index is 2.04. The first-order valence-corrected chi connectivity index (χ1v) is 6.51. The fourth-order valence-electron chi connectivity index (χ4n) is 1.75. The SMILES string of the molecule is N#Cc1ccc(C(=O)N/N=C\c2ccc(C(F)(F)F)cc2)c(F)c1. The maximum Gasteiger partial charge on any atom is 0.416 e. The summed E-state index contributed by atoms with van der Waals surface area (Å²) in [7, 11) is 0. The van der Waals surface area contributed by atoms with Gasteiger partial charge in [-0.05, 0) is 35.9 Å². The van der Waals surface area contributed by atoms with Crippen LogP contribution in [0.2, 0.25) is 0 Å². The van der Waals surface area contributed by atoms with Crippen LogP contribution in [0.15, 0.2) is 47.6 Å². The topological polar surface area (TPSA) is 65.2 Å². The van der Waals surface area contributed by atoms with Crippen molar-refractivity contribution in [3.8, 4) is 6.07 Å². The second-order valence-corrected chi connectivity index (χ2v) is 4.63. The number of hydrogen-bond acceptors (Lipinski definition) is 3. The summed E-state index contributed by atoms with van der Waals surface area (Å²) in [6, 6.07) is 9.17. The van der Waals surface area contributed by atoms with Crippen molar-refractivity contribution in [3.05, 3.63) is 70.5 Å². The maximum absolute atomic E-state index is 13.6. The average Bonchev–Trinajstić information content (AvgIpc) is 2.54. The van der Waals surface area contributed by atoms with E-state index in [1.54, 1.807) is 6.07 Å². The second-order valence-electron chi connectivity index (χ2n) is 4.63. The number of amides is 1. The molecule has 0 heterocycles. The standard InChI is InChI=1S/C16H9F4N3O/c17-14-7-11(8-21)3-6-13(14)15(24)23-22-9-10-1-4-12(5-2-10)16(18,19)20/h1-7,9H,(H,23,24)/b22-9-. The predicted molar refractivity (Wildman–Crippen MR) is 77.6 cm³/mol.